The van der Waals surface area contributed by atoms with E-state index in [0.717, 1.165) is 11.5 Å². The van der Waals surface area contributed by atoms with Gasteiger partial charge >= 0.3 is 0 Å². The van der Waals surface area contributed by atoms with Gasteiger partial charge in [-0.25, -0.2) is 0 Å². The lowest BCUT2D eigenvalue weighted by Gasteiger charge is -2.11. The van der Waals surface area contributed by atoms with Gasteiger partial charge in [-0.15, -0.1) is 0 Å². The van der Waals surface area contributed by atoms with Crippen molar-refractivity contribution in [1.82, 2.24) is 10.6 Å². The molecule has 0 atom stereocenters. The Morgan fingerprint density at radius 3 is 2.50 bits per heavy atom. The fourth-order valence-corrected chi connectivity index (χ4v) is 3.27. The van der Waals surface area contributed by atoms with Gasteiger partial charge in [0, 0.05) is 23.9 Å². The number of methoxy groups -OCH3 is 1. The van der Waals surface area contributed by atoms with Crippen LogP contribution in [-0.4, -0.2) is 31.2 Å². The Kier molecular flexibility index (Phi) is 7.79. The number of rotatable bonds is 10. The van der Waals surface area contributed by atoms with Crippen molar-refractivity contribution in [1.29, 1.82) is 0 Å². The summed E-state index contributed by atoms with van der Waals surface area (Å²) in [5, 5.41) is 5.47. The van der Waals surface area contributed by atoms with E-state index in [1.807, 2.05) is 12.1 Å². The molecule has 0 unspecified atom stereocenters. The van der Waals surface area contributed by atoms with Gasteiger partial charge in [-0.3, -0.25) is 9.59 Å². The summed E-state index contributed by atoms with van der Waals surface area (Å²) >= 11 is 1.64. The first-order valence-electron chi connectivity index (χ1n) is 9.24. The van der Waals surface area contributed by atoms with Gasteiger partial charge in [0.1, 0.15) is 23.0 Å². The summed E-state index contributed by atoms with van der Waals surface area (Å²) in [6.45, 7) is 0.443. The van der Waals surface area contributed by atoms with E-state index in [4.69, 9.17) is 13.6 Å². The summed E-state index contributed by atoms with van der Waals surface area (Å²) in [4.78, 5) is 25.2. The van der Waals surface area contributed by atoms with Crippen molar-refractivity contribution < 1.29 is 23.2 Å². The first kappa shape index (κ1) is 21.3. The SMILES string of the molecule is COc1ccc(C(=O)N/C(=C\c2ccco2)C(=O)NCCSCc2ccco2)cc1. The molecule has 0 aliphatic heterocycles. The maximum absolute atomic E-state index is 12.6. The van der Waals surface area contributed by atoms with E-state index in [9.17, 15) is 9.59 Å². The number of hydrogen-bond donors (Lipinski definition) is 2. The minimum absolute atomic E-state index is 0.0989. The molecule has 0 aliphatic rings. The van der Waals surface area contributed by atoms with Gasteiger partial charge in [0.25, 0.3) is 11.8 Å². The highest BCUT2D eigenvalue weighted by Gasteiger charge is 2.15. The quantitative estimate of drug-likeness (QED) is 0.379. The average molecular weight is 426 g/mol. The maximum Gasteiger partial charge on any atom is 0.267 e. The molecular formula is C22H22N2O5S. The number of furan rings is 2. The molecule has 3 rings (SSSR count). The average Bonchev–Trinajstić information content (AvgIpc) is 3.47. The number of ether oxygens (including phenoxy) is 1. The third kappa shape index (κ3) is 6.31. The number of carbonyl (C=O) groups excluding carboxylic acids is 2. The lowest BCUT2D eigenvalue weighted by atomic mass is 10.2. The van der Waals surface area contributed by atoms with Crippen molar-refractivity contribution in [2.45, 2.75) is 5.75 Å². The predicted octanol–water partition coefficient (Wildman–Crippen LogP) is 3.70. The van der Waals surface area contributed by atoms with Crippen LogP contribution in [0.3, 0.4) is 0 Å². The largest absolute Gasteiger partial charge is 0.497 e. The Labute approximate surface area is 178 Å². The molecule has 2 aromatic heterocycles. The van der Waals surface area contributed by atoms with Crippen molar-refractivity contribution in [3.8, 4) is 5.75 Å². The van der Waals surface area contributed by atoms with Gasteiger partial charge in [-0.1, -0.05) is 0 Å². The molecule has 0 saturated heterocycles. The van der Waals surface area contributed by atoms with Crippen LogP contribution in [-0.2, 0) is 10.5 Å². The molecule has 1 aromatic carbocycles. The zero-order valence-electron chi connectivity index (χ0n) is 16.4. The topological polar surface area (TPSA) is 93.7 Å². The van der Waals surface area contributed by atoms with Crippen LogP contribution < -0.4 is 15.4 Å². The lowest BCUT2D eigenvalue weighted by molar-refractivity contribution is -0.117. The monoisotopic (exact) mass is 426 g/mol. The number of hydrogen-bond acceptors (Lipinski definition) is 6. The summed E-state index contributed by atoms with van der Waals surface area (Å²) in [6.07, 6.45) is 4.62. The van der Waals surface area contributed by atoms with Gasteiger partial charge in [0.05, 0.1) is 25.4 Å². The van der Waals surface area contributed by atoms with Crippen LogP contribution in [0.1, 0.15) is 21.9 Å². The molecule has 2 heterocycles. The summed E-state index contributed by atoms with van der Waals surface area (Å²) in [5.41, 5.74) is 0.504. The predicted molar refractivity (Wildman–Crippen MR) is 115 cm³/mol. The molecule has 156 valence electrons. The van der Waals surface area contributed by atoms with E-state index in [2.05, 4.69) is 10.6 Å². The highest BCUT2D eigenvalue weighted by molar-refractivity contribution is 7.98. The third-order valence-electron chi connectivity index (χ3n) is 4.03. The third-order valence-corrected chi connectivity index (χ3v) is 5.01. The van der Waals surface area contributed by atoms with Crippen molar-refractivity contribution in [2.75, 3.05) is 19.4 Å². The molecule has 0 radical (unpaired) electrons. The fourth-order valence-electron chi connectivity index (χ4n) is 2.51. The normalized spacial score (nSPS) is 11.2. The molecule has 8 heteroatoms. The zero-order valence-corrected chi connectivity index (χ0v) is 17.2. The van der Waals surface area contributed by atoms with Crippen LogP contribution in [0.2, 0.25) is 0 Å². The van der Waals surface area contributed by atoms with E-state index < -0.39 is 11.8 Å². The van der Waals surface area contributed by atoms with Crippen molar-refractivity contribution >= 4 is 29.7 Å². The van der Waals surface area contributed by atoms with E-state index >= 15 is 0 Å². The molecule has 0 aliphatic carbocycles. The van der Waals surface area contributed by atoms with Crippen molar-refractivity contribution in [3.05, 3.63) is 83.8 Å². The molecule has 0 fully saturated rings. The molecule has 3 aromatic rings. The van der Waals surface area contributed by atoms with Gasteiger partial charge in [0.15, 0.2) is 0 Å². The van der Waals surface area contributed by atoms with Crippen LogP contribution in [0, 0.1) is 0 Å². The Hall–Kier alpha value is -3.39. The number of nitrogens with one attached hydrogen (secondary N) is 2. The fraction of sp³-hybridized carbons (Fsp3) is 0.182. The van der Waals surface area contributed by atoms with Crippen LogP contribution in [0.15, 0.2) is 75.6 Å². The number of carbonyl (C=O) groups is 2. The van der Waals surface area contributed by atoms with Gasteiger partial charge in [0.2, 0.25) is 0 Å². The van der Waals surface area contributed by atoms with E-state index in [-0.39, 0.29) is 5.70 Å². The smallest absolute Gasteiger partial charge is 0.267 e. The molecule has 0 bridgehead atoms. The Bertz CT molecular complexity index is 964. The molecule has 7 nitrogen and oxygen atoms in total. The Balaban J connectivity index is 1.58. The molecule has 2 N–H and O–H groups in total. The molecule has 0 saturated carbocycles. The van der Waals surface area contributed by atoms with Crippen LogP contribution in [0.5, 0.6) is 5.75 Å². The molecule has 0 spiro atoms. The molecule has 2 amide bonds. The van der Waals surface area contributed by atoms with E-state index in [0.29, 0.717) is 29.4 Å². The van der Waals surface area contributed by atoms with E-state index in [1.54, 1.807) is 61.5 Å². The Morgan fingerprint density at radius 1 is 1.07 bits per heavy atom. The second-order valence-corrected chi connectivity index (χ2v) is 7.25. The highest BCUT2D eigenvalue weighted by atomic mass is 32.2. The van der Waals surface area contributed by atoms with Crippen molar-refractivity contribution in [2.24, 2.45) is 0 Å². The van der Waals surface area contributed by atoms with Crippen LogP contribution in [0.25, 0.3) is 6.08 Å². The lowest BCUT2D eigenvalue weighted by Crippen LogP contribution is -2.35. The summed E-state index contributed by atoms with van der Waals surface area (Å²) < 4.78 is 15.7. The summed E-state index contributed by atoms with van der Waals surface area (Å²) in [6, 6.07) is 13.8. The Morgan fingerprint density at radius 2 is 1.83 bits per heavy atom. The van der Waals surface area contributed by atoms with Gasteiger partial charge in [-0.05, 0) is 48.5 Å². The minimum Gasteiger partial charge on any atom is -0.497 e. The number of thioether (sulfide) groups is 1. The molecular weight excluding hydrogens is 404 g/mol. The standard InChI is InChI=1S/C22H22N2O5S/c1-27-17-8-6-16(7-9-17)21(25)24-20(14-18-4-2-11-28-18)22(26)23-10-13-30-15-19-5-3-12-29-19/h2-9,11-12,14H,10,13,15H2,1H3,(H,23,26)(H,24,25)/b20-14-. The van der Waals surface area contributed by atoms with Crippen molar-refractivity contribution in [3.63, 3.8) is 0 Å². The van der Waals surface area contributed by atoms with Crippen LogP contribution in [0.4, 0.5) is 0 Å². The summed E-state index contributed by atoms with van der Waals surface area (Å²) in [7, 11) is 1.55. The summed E-state index contributed by atoms with van der Waals surface area (Å²) in [5.74, 6) is 2.62. The minimum atomic E-state index is -0.405. The highest BCUT2D eigenvalue weighted by Crippen LogP contribution is 2.13. The zero-order chi connectivity index (χ0) is 21.2. The second-order valence-electron chi connectivity index (χ2n) is 6.14. The number of benzene rings is 1. The first-order valence-corrected chi connectivity index (χ1v) is 10.4. The molecule has 30 heavy (non-hydrogen) atoms. The second kappa shape index (κ2) is 11.0. The van der Waals surface area contributed by atoms with Gasteiger partial charge < -0.3 is 24.2 Å². The first-order chi connectivity index (χ1) is 14.7. The van der Waals surface area contributed by atoms with Crippen LogP contribution >= 0.6 is 11.8 Å². The maximum atomic E-state index is 12.6. The van der Waals surface area contributed by atoms with E-state index in [1.165, 1.54) is 12.3 Å². The number of amides is 2. The van der Waals surface area contributed by atoms with Gasteiger partial charge in [-0.2, -0.15) is 11.8 Å².